The predicted molar refractivity (Wildman–Crippen MR) is 104 cm³/mol. The summed E-state index contributed by atoms with van der Waals surface area (Å²) in [5.74, 6) is 0.0449. The number of hydrogen-bond donors (Lipinski definition) is 1. The molecule has 4 heterocycles. The maximum Gasteiger partial charge on any atom is 0.254 e. The van der Waals surface area contributed by atoms with Gasteiger partial charge in [0.2, 0.25) is 0 Å². The molecule has 4 rings (SSSR count). The topological polar surface area (TPSA) is 77.0 Å². The summed E-state index contributed by atoms with van der Waals surface area (Å²) in [6.07, 6.45) is 0.938. The van der Waals surface area contributed by atoms with Gasteiger partial charge in [0.15, 0.2) is 5.65 Å². The summed E-state index contributed by atoms with van der Waals surface area (Å²) < 4.78 is 1.76. The summed E-state index contributed by atoms with van der Waals surface area (Å²) in [7, 11) is 1.87. The fourth-order valence-corrected chi connectivity index (χ4v) is 4.38. The normalized spacial score (nSPS) is 20.2. The lowest BCUT2D eigenvalue weighted by Crippen LogP contribution is -2.34. The smallest absolute Gasteiger partial charge is 0.254 e. The number of fused-ring (bicyclic) bond motifs is 1. The molecule has 1 atom stereocenters. The number of carbonyl (C=O) groups excluding carboxylic acids is 1. The lowest BCUT2D eigenvalue weighted by Gasteiger charge is -2.23. The van der Waals surface area contributed by atoms with Crippen molar-refractivity contribution in [3.63, 3.8) is 0 Å². The molecule has 0 bridgehead atoms. The van der Waals surface area contributed by atoms with Crippen LogP contribution in [0, 0.1) is 12.3 Å². The number of aromatic nitrogens is 3. The lowest BCUT2D eigenvalue weighted by atomic mass is 9.90. The van der Waals surface area contributed by atoms with E-state index in [-0.39, 0.29) is 11.3 Å². The molecular weight excluding hydrogens is 346 g/mol. The molecule has 0 spiro atoms. The van der Waals surface area contributed by atoms with Gasteiger partial charge in [0.1, 0.15) is 0 Å². The quantitative estimate of drug-likeness (QED) is 0.770. The minimum Gasteiger partial charge on any atom is -0.338 e. The van der Waals surface area contributed by atoms with Crippen molar-refractivity contribution in [1.82, 2.24) is 19.7 Å². The van der Waals surface area contributed by atoms with Gasteiger partial charge in [-0.1, -0.05) is 13.0 Å². The van der Waals surface area contributed by atoms with Crippen molar-refractivity contribution in [3.05, 3.63) is 34.8 Å². The highest BCUT2D eigenvalue weighted by molar-refractivity contribution is 7.13. The van der Waals surface area contributed by atoms with Gasteiger partial charge in [-0.2, -0.15) is 5.10 Å². The molecule has 0 aromatic carbocycles. The molecule has 0 radical (unpaired) electrons. The molecule has 136 valence electrons. The maximum atomic E-state index is 13.4. The summed E-state index contributed by atoms with van der Waals surface area (Å²) in [4.78, 5) is 21.1. The third kappa shape index (κ3) is 2.71. The van der Waals surface area contributed by atoms with E-state index in [0.717, 1.165) is 40.3 Å². The highest BCUT2D eigenvalue weighted by Crippen LogP contribution is 2.33. The van der Waals surface area contributed by atoms with Crippen LogP contribution in [-0.4, -0.2) is 45.2 Å². The van der Waals surface area contributed by atoms with Gasteiger partial charge in [0, 0.05) is 20.1 Å². The van der Waals surface area contributed by atoms with E-state index in [1.807, 2.05) is 42.5 Å². The van der Waals surface area contributed by atoms with Crippen LogP contribution in [0.5, 0.6) is 0 Å². The van der Waals surface area contributed by atoms with Gasteiger partial charge in [0.25, 0.3) is 5.91 Å². The molecule has 1 amide bonds. The number of nitrogens with two attached hydrogens (primary N) is 1. The SMILES string of the molecule is Cc1nn(C)c2nc(-c3cccs3)cc(C(=O)N3CCC(C)(CN)C3)c12. The van der Waals surface area contributed by atoms with Crippen molar-refractivity contribution in [2.24, 2.45) is 18.2 Å². The van der Waals surface area contributed by atoms with Crippen LogP contribution in [0.2, 0.25) is 0 Å². The molecule has 1 fully saturated rings. The van der Waals surface area contributed by atoms with E-state index >= 15 is 0 Å². The first-order valence-corrected chi connectivity index (χ1v) is 9.67. The molecule has 1 aliphatic rings. The second-order valence-corrected chi connectivity index (χ2v) is 8.38. The van der Waals surface area contributed by atoms with Gasteiger partial charge in [-0.15, -0.1) is 11.3 Å². The fraction of sp³-hybridized carbons (Fsp3) is 0.421. The summed E-state index contributed by atoms with van der Waals surface area (Å²) in [5.41, 5.74) is 9.00. The predicted octanol–water partition coefficient (Wildman–Crippen LogP) is 2.82. The molecule has 1 unspecified atom stereocenters. The molecule has 3 aromatic rings. The first kappa shape index (κ1) is 17.2. The Morgan fingerprint density at radius 2 is 2.27 bits per heavy atom. The summed E-state index contributed by atoms with van der Waals surface area (Å²) >= 11 is 1.62. The molecule has 2 N–H and O–H groups in total. The summed E-state index contributed by atoms with van der Waals surface area (Å²) in [5, 5.41) is 7.36. The van der Waals surface area contributed by atoms with Crippen molar-refractivity contribution in [1.29, 1.82) is 0 Å². The zero-order valence-electron chi connectivity index (χ0n) is 15.3. The monoisotopic (exact) mass is 369 g/mol. The first-order chi connectivity index (χ1) is 12.4. The van der Waals surface area contributed by atoms with E-state index in [1.165, 1.54) is 0 Å². The van der Waals surface area contributed by atoms with Gasteiger partial charge < -0.3 is 10.6 Å². The number of aryl methyl sites for hydroxylation is 2. The molecule has 7 heteroatoms. The van der Waals surface area contributed by atoms with E-state index in [9.17, 15) is 4.79 Å². The standard InChI is InChI=1S/C19H23N5OS/c1-12-16-13(18(25)24-7-6-19(2,10-20)11-24)9-14(15-5-4-8-26-15)21-17(16)23(3)22-12/h4-5,8-9H,6-7,10-11,20H2,1-3H3. The van der Waals surface area contributed by atoms with Gasteiger partial charge in [-0.05, 0) is 42.8 Å². The number of nitrogens with zero attached hydrogens (tertiary/aromatic N) is 4. The van der Waals surface area contributed by atoms with Crippen molar-refractivity contribution >= 4 is 28.3 Å². The fourth-order valence-electron chi connectivity index (χ4n) is 3.70. The highest BCUT2D eigenvalue weighted by atomic mass is 32.1. The number of rotatable bonds is 3. The van der Waals surface area contributed by atoms with E-state index in [2.05, 4.69) is 12.0 Å². The van der Waals surface area contributed by atoms with Crippen LogP contribution in [0.1, 0.15) is 29.4 Å². The molecule has 0 aliphatic carbocycles. The maximum absolute atomic E-state index is 13.4. The Hall–Kier alpha value is -2.25. The largest absolute Gasteiger partial charge is 0.338 e. The van der Waals surface area contributed by atoms with Gasteiger partial charge in [-0.3, -0.25) is 9.48 Å². The number of hydrogen-bond acceptors (Lipinski definition) is 5. The van der Waals surface area contributed by atoms with Crippen LogP contribution < -0.4 is 5.73 Å². The first-order valence-electron chi connectivity index (χ1n) is 8.79. The van der Waals surface area contributed by atoms with E-state index in [0.29, 0.717) is 18.7 Å². The van der Waals surface area contributed by atoms with Crippen LogP contribution in [0.15, 0.2) is 23.6 Å². The van der Waals surface area contributed by atoms with E-state index in [1.54, 1.807) is 16.0 Å². The number of likely N-dealkylation sites (tertiary alicyclic amines) is 1. The van der Waals surface area contributed by atoms with Crippen molar-refractivity contribution < 1.29 is 4.79 Å². The Morgan fingerprint density at radius 1 is 1.46 bits per heavy atom. The van der Waals surface area contributed by atoms with Crippen LogP contribution in [0.4, 0.5) is 0 Å². The number of carbonyl (C=O) groups is 1. The Bertz CT molecular complexity index is 978. The second kappa shape index (κ2) is 6.17. The minimum absolute atomic E-state index is 0.00235. The van der Waals surface area contributed by atoms with Crippen LogP contribution in [-0.2, 0) is 7.05 Å². The Kier molecular flexibility index (Phi) is 4.08. The lowest BCUT2D eigenvalue weighted by molar-refractivity contribution is 0.0778. The average molecular weight is 369 g/mol. The van der Waals surface area contributed by atoms with E-state index in [4.69, 9.17) is 10.7 Å². The number of thiophene rings is 1. The van der Waals surface area contributed by atoms with Gasteiger partial charge >= 0.3 is 0 Å². The Balaban J connectivity index is 1.84. The second-order valence-electron chi connectivity index (χ2n) is 7.43. The summed E-state index contributed by atoms with van der Waals surface area (Å²) in [6.45, 7) is 6.10. The number of pyridine rings is 1. The van der Waals surface area contributed by atoms with Crippen molar-refractivity contribution in [2.45, 2.75) is 20.3 Å². The highest BCUT2D eigenvalue weighted by Gasteiger charge is 2.36. The zero-order valence-corrected chi connectivity index (χ0v) is 16.1. The van der Waals surface area contributed by atoms with Crippen LogP contribution >= 0.6 is 11.3 Å². The van der Waals surface area contributed by atoms with Crippen LogP contribution in [0.25, 0.3) is 21.6 Å². The van der Waals surface area contributed by atoms with Gasteiger partial charge in [-0.25, -0.2) is 4.98 Å². The molecule has 1 aliphatic heterocycles. The van der Waals surface area contributed by atoms with Crippen molar-refractivity contribution in [2.75, 3.05) is 19.6 Å². The third-order valence-corrected chi connectivity index (χ3v) is 6.20. The Morgan fingerprint density at radius 3 is 2.92 bits per heavy atom. The Labute approximate surface area is 156 Å². The molecule has 26 heavy (non-hydrogen) atoms. The van der Waals surface area contributed by atoms with Gasteiger partial charge in [0.05, 0.1) is 27.2 Å². The van der Waals surface area contributed by atoms with Crippen molar-refractivity contribution in [3.8, 4) is 10.6 Å². The molecule has 1 saturated heterocycles. The molecule has 0 saturated carbocycles. The number of amides is 1. The minimum atomic E-state index is 0.00235. The third-order valence-electron chi connectivity index (χ3n) is 5.31. The van der Waals surface area contributed by atoms with Crippen LogP contribution in [0.3, 0.4) is 0 Å². The summed E-state index contributed by atoms with van der Waals surface area (Å²) in [6, 6.07) is 5.94. The molecule has 6 nitrogen and oxygen atoms in total. The molecular formula is C19H23N5OS. The zero-order chi connectivity index (χ0) is 18.5. The average Bonchev–Trinajstić information content (AvgIpc) is 3.35. The van der Waals surface area contributed by atoms with E-state index < -0.39 is 0 Å². The molecule has 3 aromatic heterocycles.